The van der Waals surface area contributed by atoms with Crippen LogP contribution in [0.3, 0.4) is 0 Å². The number of rotatable bonds is 4. The molecule has 1 rings (SSSR count). The topological polar surface area (TPSA) is 38.3 Å². The van der Waals surface area contributed by atoms with Crippen LogP contribution < -0.4 is 5.32 Å². The summed E-state index contributed by atoms with van der Waals surface area (Å²) >= 11 is 5.84. The van der Waals surface area contributed by atoms with Gasteiger partial charge in [-0.15, -0.1) is 0 Å². The van der Waals surface area contributed by atoms with Gasteiger partial charge in [-0.05, 0) is 38.5 Å². The van der Waals surface area contributed by atoms with Crippen LogP contribution in [0.5, 0.6) is 0 Å². The van der Waals surface area contributed by atoms with Gasteiger partial charge in [-0.2, -0.15) is 0 Å². The van der Waals surface area contributed by atoms with Crippen molar-refractivity contribution in [1.82, 2.24) is 5.32 Å². The molecule has 1 unspecified atom stereocenters. The molecule has 0 aromatic heterocycles. The van der Waals surface area contributed by atoms with Crippen LogP contribution in [0.15, 0.2) is 24.3 Å². The van der Waals surface area contributed by atoms with Crippen LogP contribution >= 0.6 is 11.6 Å². The maximum atomic E-state index is 11.9. The lowest BCUT2D eigenvalue weighted by Gasteiger charge is -2.30. The van der Waals surface area contributed by atoms with E-state index in [2.05, 4.69) is 5.32 Å². The number of hydrogen-bond donors (Lipinski definition) is 1. The average molecular weight is 256 g/mol. The van der Waals surface area contributed by atoms with Crippen LogP contribution in [0.1, 0.15) is 26.3 Å². The standard InChI is InChI=1S/C13H18ClNO2/c1-9(2)15-13(3,12(16)17-4)10-5-7-11(14)8-6-10/h5-9,15H,1-4H3. The van der Waals surface area contributed by atoms with Gasteiger partial charge in [0, 0.05) is 11.1 Å². The fourth-order valence-corrected chi connectivity index (χ4v) is 1.95. The first kappa shape index (κ1) is 14.0. The van der Waals surface area contributed by atoms with E-state index in [4.69, 9.17) is 16.3 Å². The number of esters is 1. The van der Waals surface area contributed by atoms with Crippen molar-refractivity contribution in [2.45, 2.75) is 32.4 Å². The second-order valence-corrected chi connectivity index (χ2v) is 4.86. The summed E-state index contributed by atoms with van der Waals surface area (Å²) < 4.78 is 4.87. The van der Waals surface area contributed by atoms with Gasteiger partial charge in [0.25, 0.3) is 0 Å². The molecule has 0 aliphatic carbocycles. The summed E-state index contributed by atoms with van der Waals surface area (Å²) in [5, 5.41) is 3.87. The maximum absolute atomic E-state index is 11.9. The zero-order valence-corrected chi connectivity index (χ0v) is 11.3. The summed E-state index contributed by atoms with van der Waals surface area (Å²) in [7, 11) is 1.39. The summed E-state index contributed by atoms with van der Waals surface area (Å²) in [5.74, 6) is -0.312. The fourth-order valence-electron chi connectivity index (χ4n) is 1.82. The number of hydrogen-bond acceptors (Lipinski definition) is 3. The Bertz CT molecular complexity index is 389. The molecule has 0 saturated carbocycles. The summed E-state index contributed by atoms with van der Waals surface area (Å²) in [5.41, 5.74) is -0.0181. The molecular formula is C13H18ClNO2. The van der Waals surface area contributed by atoms with Crippen LogP contribution in [0, 0.1) is 0 Å². The van der Waals surface area contributed by atoms with Crippen molar-refractivity contribution >= 4 is 17.6 Å². The van der Waals surface area contributed by atoms with Crippen LogP contribution in [0.4, 0.5) is 0 Å². The molecule has 17 heavy (non-hydrogen) atoms. The van der Waals surface area contributed by atoms with Gasteiger partial charge in [0.05, 0.1) is 7.11 Å². The second-order valence-electron chi connectivity index (χ2n) is 4.42. The number of benzene rings is 1. The minimum atomic E-state index is -0.854. The zero-order valence-electron chi connectivity index (χ0n) is 10.6. The van der Waals surface area contributed by atoms with Gasteiger partial charge < -0.3 is 4.74 Å². The van der Waals surface area contributed by atoms with Gasteiger partial charge in [0.1, 0.15) is 5.54 Å². The van der Waals surface area contributed by atoms with Crippen molar-refractivity contribution < 1.29 is 9.53 Å². The first-order valence-electron chi connectivity index (χ1n) is 5.52. The van der Waals surface area contributed by atoms with E-state index >= 15 is 0 Å². The number of ether oxygens (including phenoxy) is 1. The predicted octanol–water partition coefficient (Wildman–Crippen LogP) is 2.73. The Hall–Kier alpha value is -1.06. The third kappa shape index (κ3) is 3.20. The van der Waals surface area contributed by atoms with E-state index in [-0.39, 0.29) is 12.0 Å². The highest BCUT2D eigenvalue weighted by Crippen LogP contribution is 2.24. The molecule has 0 bridgehead atoms. The fraction of sp³-hybridized carbons (Fsp3) is 0.462. The average Bonchev–Trinajstić information content (AvgIpc) is 2.27. The minimum Gasteiger partial charge on any atom is -0.467 e. The molecule has 0 radical (unpaired) electrons. The Labute approximate surface area is 107 Å². The molecule has 0 fully saturated rings. The van der Waals surface area contributed by atoms with Gasteiger partial charge in [0.15, 0.2) is 0 Å². The highest BCUT2D eigenvalue weighted by Gasteiger charge is 2.36. The lowest BCUT2D eigenvalue weighted by molar-refractivity contribution is -0.148. The molecule has 4 heteroatoms. The number of carbonyl (C=O) groups excluding carboxylic acids is 1. The van der Waals surface area contributed by atoms with Crippen molar-refractivity contribution in [3.05, 3.63) is 34.9 Å². The molecule has 0 heterocycles. The number of halogens is 1. The summed E-state index contributed by atoms with van der Waals surface area (Å²) in [6.45, 7) is 5.77. The van der Waals surface area contributed by atoms with Crippen LogP contribution in [0.2, 0.25) is 5.02 Å². The highest BCUT2D eigenvalue weighted by atomic mass is 35.5. The van der Waals surface area contributed by atoms with E-state index < -0.39 is 5.54 Å². The van der Waals surface area contributed by atoms with E-state index in [0.29, 0.717) is 5.02 Å². The van der Waals surface area contributed by atoms with Crippen molar-refractivity contribution in [2.24, 2.45) is 0 Å². The third-order valence-electron chi connectivity index (χ3n) is 2.59. The highest BCUT2D eigenvalue weighted by molar-refractivity contribution is 6.30. The zero-order chi connectivity index (χ0) is 13.1. The molecule has 0 amide bonds. The Balaban J connectivity index is 3.13. The number of methoxy groups -OCH3 is 1. The molecule has 1 atom stereocenters. The molecule has 3 nitrogen and oxygen atoms in total. The number of carbonyl (C=O) groups is 1. The van der Waals surface area contributed by atoms with Gasteiger partial charge in [-0.1, -0.05) is 23.7 Å². The summed E-state index contributed by atoms with van der Waals surface area (Å²) in [6, 6.07) is 7.35. The van der Waals surface area contributed by atoms with Crippen molar-refractivity contribution in [1.29, 1.82) is 0 Å². The Kier molecular flexibility index (Phi) is 4.54. The van der Waals surface area contributed by atoms with Crippen LogP contribution in [-0.4, -0.2) is 19.1 Å². The smallest absolute Gasteiger partial charge is 0.330 e. The van der Waals surface area contributed by atoms with Crippen molar-refractivity contribution in [3.63, 3.8) is 0 Å². The molecule has 0 aliphatic rings. The van der Waals surface area contributed by atoms with Gasteiger partial charge >= 0.3 is 5.97 Å². The monoisotopic (exact) mass is 255 g/mol. The molecule has 0 saturated heterocycles. The van der Waals surface area contributed by atoms with E-state index in [9.17, 15) is 4.79 Å². The Morgan fingerprint density at radius 1 is 1.35 bits per heavy atom. The van der Waals surface area contributed by atoms with E-state index in [1.807, 2.05) is 32.9 Å². The SMILES string of the molecule is COC(=O)C(C)(NC(C)C)c1ccc(Cl)cc1. The Morgan fingerprint density at radius 3 is 2.29 bits per heavy atom. The van der Waals surface area contributed by atoms with Gasteiger partial charge in [-0.3, -0.25) is 5.32 Å². The van der Waals surface area contributed by atoms with Crippen molar-refractivity contribution in [3.8, 4) is 0 Å². The number of nitrogens with one attached hydrogen (secondary N) is 1. The molecule has 94 valence electrons. The van der Waals surface area contributed by atoms with Gasteiger partial charge in [0.2, 0.25) is 0 Å². The predicted molar refractivity (Wildman–Crippen MR) is 69.1 cm³/mol. The van der Waals surface area contributed by atoms with Crippen LogP contribution in [0.25, 0.3) is 0 Å². The van der Waals surface area contributed by atoms with E-state index in [0.717, 1.165) is 5.56 Å². The Morgan fingerprint density at radius 2 is 1.88 bits per heavy atom. The third-order valence-corrected chi connectivity index (χ3v) is 2.84. The van der Waals surface area contributed by atoms with Crippen LogP contribution in [-0.2, 0) is 15.1 Å². The molecule has 1 aromatic carbocycles. The molecule has 1 aromatic rings. The van der Waals surface area contributed by atoms with E-state index in [1.54, 1.807) is 12.1 Å². The normalized spacial score (nSPS) is 14.5. The first-order chi connectivity index (χ1) is 7.90. The first-order valence-corrected chi connectivity index (χ1v) is 5.90. The second kappa shape index (κ2) is 5.52. The lowest BCUT2D eigenvalue weighted by atomic mass is 9.91. The van der Waals surface area contributed by atoms with Crippen molar-refractivity contribution in [2.75, 3.05) is 7.11 Å². The summed E-state index contributed by atoms with van der Waals surface area (Å²) in [6.07, 6.45) is 0. The summed E-state index contributed by atoms with van der Waals surface area (Å²) in [4.78, 5) is 11.9. The van der Waals surface area contributed by atoms with E-state index in [1.165, 1.54) is 7.11 Å². The molecular weight excluding hydrogens is 238 g/mol. The molecule has 0 spiro atoms. The largest absolute Gasteiger partial charge is 0.467 e. The molecule has 1 N–H and O–H groups in total. The maximum Gasteiger partial charge on any atom is 0.330 e. The lowest BCUT2D eigenvalue weighted by Crippen LogP contribution is -2.50. The minimum absolute atomic E-state index is 0.162. The van der Waals surface area contributed by atoms with Gasteiger partial charge in [-0.25, -0.2) is 4.79 Å². The molecule has 0 aliphatic heterocycles. The quantitative estimate of drug-likeness (QED) is 0.841.